The van der Waals surface area contributed by atoms with E-state index >= 15 is 0 Å². The number of rotatable bonds is 8. The summed E-state index contributed by atoms with van der Waals surface area (Å²) in [6.07, 6.45) is -0.712. The number of carboxylic acid groups (broad SMARTS) is 1. The van der Waals surface area contributed by atoms with Crippen LogP contribution in [-0.4, -0.2) is 47.4 Å². The van der Waals surface area contributed by atoms with Gasteiger partial charge in [0.2, 0.25) is 0 Å². The Bertz CT molecular complexity index is 1160. The van der Waals surface area contributed by atoms with Gasteiger partial charge in [0.25, 0.3) is 5.91 Å². The van der Waals surface area contributed by atoms with Crippen LogP contribution in [0.4, 0.5) is 10.5 Å². The van der Waals surface area contributed by atoms with Crippen molar-refractivity contribution in [1.82, 2.24) is 5.32 Å². The summed E-state index contributed by atoms with van der Waals surface area (Å²) in [5.74, 6) is -1.87. The van der Waals surface area contributed by atoms with Gasteiger partial charge < -0.3 is 20.3 Å². The molecule has 0 aromatic heterocycles. The Morgan fingerprint density at radius 2 is 1.47 bits per heavy atom. The first-order valence-corrected chi connectivity index (χ1v) is 10.8. The number of fused-ring (bicyclic) bond motifs is 3. The third-order valence-corrected chi connectivity index (χ3v) is 5.76. The average molecular weight is 460 g/mol. The van der Waals surface area contributed by atoms with Gasteiger partial charge >= 0.3 is 12.1 Å². The van der Waals surface area contributed by atoms with E-state index in [2.05, 4.69) is 22.8 Å². The van der Waals surface area contributed by atoms with E-state index < -0.39 is 24.0 Å². The zero-order valence-electron chi connectivity index (χ0n) is 18.2. The number of carboxylic acids is 1. The van der Waals surface area contributed by atoms with Crippen LogP contribution in [0.2, 0.25) is 0 Å². The number of hydrogen-bond donors (Lipinski definition) is 4. The number of amides is 2. The van der Waals surface area contributed by atoms with Gasteiger partial charge in [0, 0.05) is 30.2 Å². The highest BCUT2D eigenvalue weighted by molar-refractivity contribution is 5.97. The summed E-state index contributed by atoms with van der Waals surface area (Å²) >= 11 is 0. The molecule has 3 aromatic carbocycles. The first kappa shape index (κ1) is 23.0. The number of nitrogens with one attached hydrogen (secondary N) is 2. The molecule has 0 aliphatic heterocycles. The van der Waals surface area contributed by atoms with E-state index in [1.54, 1.807) is 0 Å². The number of aliphatic hydroxyl groups is 1. The smallest absolute Gasteiger partial charge is 0.411 e. The van der Waals surface area contributed by atoms with Crippen molar-refractivity contribution in [2.45, 2.75) is 18.4 Å². The maximum Gasteiger partial charge on any atom is 0.411 e. The second-order valence-corrected chi connectivity index (χ2v) is 7.90. The van der Waals surface area contributed by atoms with E-state index in [4.69, 9.17) is 14.9 Å². The lowest BCUT2D eigenvalue weighted by Gasteiger charge is -2.15. The summed E-state index contributed by atoms with van der Waals surface area (Å²) in [5.41, 5.74) is 5.18. The van der Waals surface area contributed by atoms with Crippen LogP contribution in [-0.2, 0) is 9.53 Å². The predicted molar refractivity (Wildman–Crippen MR) is 126 cm³/mol. The number of anilines is 1. The van der Waals surface area contributed by atoms with Crippen LogP contribution in [0.3, 0.4) is 0 Å². The molecule has 0 saturated heterocycles. The van der Waals surface area contributed by atoms with Gasteiger partial charge in [-0.1, -0.05) is 48.5 Å². The average Bonchev–Trinajstić information content (AvgIpc) is 3.16. The topological polar surface area (TPSA) is 125 Å². The van der Waals surface area contributed by atoms with Crippen LogP contribution in [0, 0.1) is 0 Å². The molecule has 2 amide bonds. The molecule has 3 aromatic rings. The third-order valence-electron chi connectivity index (χ3n) is 5.76. The quantitative estimate of drug-likeness (QED) is 0.407. The van der Waals surface area contributed by atoms with E-state index in [9.17, 15) is 14.4 Å². The fourth-order valence-corrected chi connectivity index (χ4v) is 4.09. The lowest BCUT2D eigenvalue weighted by atomic mass is 9.98. The fourth-order valence-electron chi connectivity index (χ4n) is 4.09. The molecular weight excluding hydrogens is 436 g/mol. The standard InChI is InChI=1S/C26H24N2O6/c29-14-13-23(25(31)32)28-24(30)16-9-11-17(12-10-16)27-26(33)34-15-22-20-7-3-1-5-18(20)19-6-2-4-8-21(19)22/h1-12,22-23,29H,13-15H2,(H,27,33)(H,28,30)(H,31,32)/t23-/m1/s1. The molecule has 34 heavy (non-hydrogen) atoms. The van der Waals surface area contributed by atoms with Gasteiger partial charge in [0.15, 0.2) is 0 Å². The van der Waals surface area contributed by atoms with Gasteiger partial charge in [-0.25, -0.2) is 9.59 Å². The molecule has 1 aliphatic carbocycles. The molecule has 174 valence electrons. The first-order chi connectivity index (χ1) is 16.5. The molecule has 0 radical (unpaired) electrons. The second kappa shape index (κ2) is 10.2. The first-order valence-electron chi connectivity index (χ1n) is 10.8. The number of carbonyl (C=O) groups is 3. The number of aliphatic carboxylic acids is 1. The van der Waals surface area contributed by atoms with Gasteiger partial charge in [0.05, 0.1) is 0 Å². The molecule has 8 nitrogen and oxygen atoms in total. The predicted octanol–water partition coefficient (Wildman–Crippen LogP) is 3.61. The Morgan fingerprint density at radius 3 is 2.03 bits per heavy atom. The van der Waals surface area contributed by atoms with Crippen LogP contribution in [0.15, 0.2) is 72.8 Å². The van der Waals surface area contributed by atoms with E-state index in [1.165, 1.54) is 24.3 Å². The summed E-state index contributed by atoms with van der Waals surface area (Å²) in [6.45, 7) is -0.179. The molecule has 1 aliphatic rings. The van der Waals surface area contributed by atoms with Crippen LogP contribution < -0.4 is 10.6 Å². The summed E-state index contributed by atoms with van der Waals surface area (Å²) in [4.78, 5) is 35.8. The van der Waals surface area contributed by atoms with E-state index in [0.717, 1.165) is 22.3 Å². The van der Waals surface area contributed by atoms with Gasteiger partial charge in [-0.15, -0.1) is 0 Å². The van der Waals surface area contributed by atoms with Crippen molar-refractivity contribution in [1.29, 1.82) is 0 Å². The highest BCUT2D eigenvalue weighted by atomic mass is 16.5. The van der Waals surface area contributed by atoms with Crippen molar-refractivity contribution in [3.63, 3.8) is 0 Å². The lowest BCUT2D eigenvalue weighted by molar-refractivity contribution is -0.139. The molecule has 8 heteroatoms. The monoisotopic (exact) mass is 460 g/mol. The number of benzene rings is 3. The van der Waals surface area contributed by atoms with E-state index in [0.29, 0.717) is 5.69 Å². The molecule has 0 fully saturated rings. The van der Waals surface area contributed by atoms with Crippen molar-refractivity contribution in [2.75, 3.05) is 18.5 Å². The minimum absolute atomic E-state index is 0.0506. The number of aliphatic hydroxyl groups excluding tert-OH is 1. The zero-order chi connectivity index (χ0) is 24.1. The Kier molecular flexibility index (Phi) is 6.89. The summed E-state index contributed by atoms with van der Waals surface area (Å²) in [5, 5.41) is 23.0. The van der Waals surface area contributed by atoms with Gasteiger partial charge in [0.1, 0.15) is 12.6 Å². The molecule has 1 atom stereocenters. The third kappa shape index (κ3) is 4.92. The zero-order valence-corrected chi connectivity index (χ0v) is 18.2. The Hall–Kier alpha value is -4.17. The molecular formula is C26H24N2O6. The molecule has 4 rings (SSSR count). The normalized spacial score (nSPS) is 12.9. The molecule has 0 spiro atoms. The summed E-state index contributed by atoms with van der Waals surface area (Å²) in [6, 6.07) is 20.9. The van der Waals surface area contributed by atoms with Crippen LogP contribution >= 0.6 is 0 Å². The Labute approximate surface area is 196 Å². The van der Waals surface area contributed by atoms with Gasteiger partial charge in [-0.3, -0.25) is 10.1 Å². The van der Waals surface area contributed by atoms with Gasteiger partial charge in [-0.2, -0.15) is 0 Å². The second-order valence-electron chi connectivity index (χ2n) is 7.90. The number of carbonyl (C=O) groups excluding carboxylic acids is 2. The number of hydrogen-bond acceptors (Lipinski definition) is 5. The van der Waals surface area contributed by atoms with Crippen LogP contribution in [0.5, 0.6) is 0 Å². The van der Waals surface area contributed by atoms with Crippen molar-refractivity contribution >= 4 is 23.7 Å². The maximum absolute atomic E-state index is 12.4. The minimum atomic E-state index is -1.23. The van der Waals surface area contributed by atoms with Crippen molar-refractivity contribution in [3.05, 3.63) is 89.5 Å². The van der Waals surface area contributed by atoms with Gasteiger partial charge in [-0.05, 0) is 46.5 Å². The molecule has 4 N–H and O–H groups in total. The van der Waals surface area contributed by atoms with E-state index in [1.807, 2.05) is 36.4 Å². The SMILES string of the molecule is O=C(Nc1ccc(C(=O)N[C@H](CCO)C(=O)O)cc1)OCC1c2ccccc2-c2ccccc21. The minimum Gasteiger partial charge on any atom is -0.480 e. The molecule has 0 saturated carbocycles. The fraction of sp³-hybridized carbons (Fsp3) is 0.192. The molecule has 0 unspecified atom stereocenters. The summed E-state index contributed by atoms with van der Waals surface area (Å²) < 4.78 is 5.51. The Morgan fingerprint density at radius 1 is 0.882 bits per heavy atom. The van der Waals surface area contributed by atoms with Crippen LogP contribution in [0.1, 0.15) is 33.8 Å². The highest BCUT2D eigenvalue weighted by Crippen LogP contribution is 2.44. The van der Waals surface area contributed by atoms with E-state index in [-0.39, 0.29) is 31.1 Å². The lowest BCUT2D eigenvalue weighted by Crippen LogP contribution is -2.41. The van der Waals surface area contributed by atoms with Crippen LogP contribution in [0.25, 0.3) is 11.1 Å². The maximum atomic E-state index is 12.4. The number of ether oxygens (including phenoxy) is 1. The molecule has 0 heterocycles. The Balaban J connectivity index is 1.35. The van der Waals surface area contributed by atoms with Crippen molar-refractivity contribution in [3.8, 4) is 11.1 Å². The van der Waals surface area contributed by atoms with Crippen molar-refractivity contribution in [2.24, 2.45) is 0 Å². The molecule has 0 bridgehead atoms. The van der Waals surface area contributed by atoms with Crippen molar-refractivity contribution < 1.29 is 29.3 Å². The highest BCUT2D eigenvalue weighted by Gasteiger charge is 2.29. The largest absolute Gasteiger partial charge is 0.480 e. The summed E-state index contributed by atoms with van der Waals surface area (Å²) in [7, 11) is 0.